The molecule has 0 saturated carbocycles. The molecule has 0 spiro atoms. The quantitative estimate of drug-likeness (QED) is 0.495. The summed E-state index contributed by atoms with van der Waals surface area (Å²) in [5.41, 5.74) is 0. The summed E-state index contributed by atoms with van der Waals surface area (Å²) in [5.74, 6) is 0.473. The fourth-order valence-electron chi connectivity index (χ4n) is 2.25. The highest BCUT2D eigenvalue weighted by Crippen LogP contribution is 2.15. The lowest BCUT2D eigenvalue weighted by Gasteiger charge is -2.04. The van der Waals surface area contributed by atoms with Crippen LogP contribution in [-0.2, 0) is 4.79 Å². The highest BCUT2D eigenvalue weighted by Gasteiger charge is 2.12. The molecule has 0 N–H and O–H groups in total. The van der Waals surface area contributed by atoms with Gasteiger partial charge in [-0.25, -0.2) is 0 Å². The minimum atomic E-state index is 0.0829. The topological polar surface area (TPSA) is 17.1 Å². The molecule has 0 aliphatic heterocycles. The van der Waals surface area contributed by atoms with Gasteiger partial charge in [0.05, 0.1) is 5.92 Å². The molecule has 1 nitrogen and oxygen atoms in total. The van der Waals surface area contributed by atoms with Crippen LogP contribution < -0.4 is 0 Å². The molecule has 0 unspecified atom stereocenters. The number of hydrogen-bond acceptors (Lipinski definition) is 1. The zero-order valence-corrected chi connectivity index (χ0v) is 11.2. The van der Waals surface area contributed by atoms with Gasteiger partial charge in [-0.3, -0.25) is 4.79 Å². The summed E-state index contributed by atoms with van der Waals surface area (Å²) in [6.45, 7) is 2.25. The smallest absolute Gasteiger partial charge is 0.143 e. The molecule has 1 aliphatic carbocycles. The zero-order valence-electron chi connectivity index (χ0n) is 11.2. The Labute approximate surface area is 106 Å². The van der Waals surface area contributed by atoms with Gasteiger partial charge < -0.3 is 0 Å². The molecule has 0 aromatic heterocycles. The molecular weight excluding hydrogens is 208 g/mol. The van der Waals surface area contributed by atoms with Crippen molar-refractivity contribution in [1.29, 1.82) is 0 Å². The summed E-state index contributed by atoms with van der Waals surface area (Å²) in [5, 5.41) is 0. The molecule has 1 rings (SSSR count). The van der Waals surface area contributed by atoms with Gasteiger partial charge in [0.2, 0.25) is 0 Å². The Kier molecular flexibility index (Phi) is 7.70. The molecule has 0 radical (unpaired) electrons. The molecular formula is C16H26O. The van der Waals surface area contributed by atoms with Crippen molar-refractivity contribution in [2.75, 3.05) is 0 Å². The summed E-state index contributed by atoms with van der Waals surface area (Å²) in [6.07, 6.45) is 19.1. The van der Waals surface area contributed by atoms with Crippen LogP contribution in [0, 0.1) is 5.92 Å². The van der Waals surface area contributed by atoms with Crippen molar-refractivity contribution in [1.82, 2.24) is 0 Å². The second kappa shape index (κ2) is 9.21. The van der Waals surface area contributed by atoms with E-state index < -0.39 is 0 Å². The summed E-state index contributed by atoms with van der Waals surface area (Å²) < 4.78 is 0. The number of Topliss-reactive ketones (excluding diaryl/α,β-unsaturated/α-hetero) is 1. The summed E-state index contributed by atoms with van der Waals surface area (Å²) in [7, 11) is 0. The fraction of sp³-hybridized carbons (Fsp3) is 0.688. The lowest BCUT2D eigenvalue weighted by atomic mass is 10.00. The second-order valence-electron chi connectivity index (χ2n) is 4.99. The third-order valence-corrected chi connectivity index (χ3v) is 3.40. The molecule has 1 heteroatoms. The summed E-state index contributed by atoms with van der Waals surface area (Å²) in [6, 6.07) is 0. The van der Waals surface area contributed by atoms with Gasteiger partial charge in [-0.1, -0.05) is 76.2 Å². The van der Waals surface area contributed by atoms with E-state index in [1.807, 2.05) is 24.3 Å². The summed E-state index contributed by atoms with van der Waals surface area (Å²) in [4.78, 5) is 11.7. The Morgan fingerprint density at radius 3 is 2.00 bits per heavy atom. The molecule has 0 aromatic carbocycles. The maximum absolute atomic E-state index is 11.7. The van der Waals surface area contributed by atoms with Crippen LogP contribution in [0.1, 0.15) is 64.7 Å². The van der Waals surface area contributed by atoms with Gasteiger partial charge in [0, 0.05) is 6.42 Å². The van der Waals surface area contributed by atoms with Gasteiger partial charge >= 0.3 is 0 Å². The third-order valence-electron chi connectivity index (χ3n) is 3.40. The van der Waals surface area contributed by atoms with E-state index in [0.29, 0.717) is 5.78 Å². The Morgan fingerprint density at radius 2 is 1.41 bits per heavy atom. The standard InChI is InChI=1S/C16H26O/c1-2-3-4-5-6-7-8-9-14-16(17)15-12-10-11-13-15/h10-13,15H,2-9,14H2,1H3. The Hall–Kier alpha value is -0.850. The normalized spacial score (nSPS) is 14.6. The monoisotopic (exact) mass is 234 g/mol. The first kappa shape index (κ1) is 14.2. The van der Waals surface area contributed by atoms with Crippen LogP contribution in [0.25, 0.3) is 0 Å². The van der Waals surface area contributed by atoms with Gasteiger partial charge in [-0.15, -0.1) is 0 Å². The van der Waals surface area contributed by atoms with Gasteiger partial charge in [-0.2, -0.15) is 0 Å². The van der Waals surface area contributed by atoms with E-state index in [2.05, 4.69) is 6.92 Å². The highest BCUT2D eigenvalue weighted by atomic mass is 16.1. The van der Waals surface area contributed by atoms with Crippen LogP contribution in [0.3, 0.4) is 0 Å². The minimum Gasteiger partial charge on any atom is -0.299 e. The predicted octanol–water partition coefficient (Wildman–Crippen LogP) is 4.83. The third kappa shape index (κ3) is 6.45. The number of unbranched alkanes of at least 4 members (excludes halogenated alkanes) is 7. The number of carbonyl (C=O) groups excluding carboxylic acids is 1. The predicted molar refractivity (Wildman–Crippen MR) is 74.0 cm³/mol. The molecule has 0 aromatic rings. The van der Waals surface area contributed by atoms with Crippen molar-refractivity contribution in [3.63, 3.8) is 0 Å². The number of carbonyl (C=O) groups is 1. The number of allylic oxidation sites excluding steroid dienone is 4. The molecule has 0 fully saturated rings. The number of hydrogen-bond donors (Lipinski definition) is 0. The highest BCUT2D eigenvalue weighted by molar-refractivity contribution is 5.85. The Balaban J connectivity index is 1.88. The minimum absolute atomic E-state index is 0.0829. The second-order valence-corrected chi connectivity index (χ2v) is 4.99. The average molecular weight is 234 g/mol. The van der Waals surface area contributed by atoms with E-state index in [1.165, 1.54) is 44.9 Å². The molecule has 17 heavy (non-hydrogen) atoms. The van der Waals surface area contributed by atoms with E-state index in [0.717, 1.165) is 12.8 Å². The molecule has 96 valence electrons. The van der Waals surface area contributed by atoms with E-state index in [-0.39, 0.29) is 5.92 Å². The first-order chi connectivity index (χ1) is 8.34. The van der Waals surface area contributed by atoms with Crippen LogP contribution in [0.2, 0.25) is 0 Å². The van der Waals surface area contributed by atoms with Crippen molar-refractivity contribution >= 4 is 5.78 Å². The number of rotatable bonds is 10. The van der Waals surface area contributed by atoms with Gasteiger partial charge in [0.25, 0.3) is 0 Å². The zero-order chi connectivity index (χ0) is 12.3. The van der Waals surface area contributed by atoms with E-state index in [1.54, 1.807) is 0 Å². The van der Waals surface area contributed by atoms with Crippen LogP contribution in [-0.4, -0.2) is 5.78 Å². The Bertz CT molecular complexity index is 251. The first-order valence-corrected chi connectivity index (χ1v) is 7.22. The molecule has 0 saturated heterocycles. The molecule has 0 bridgehead atoms. The van der Waals surface area contributed by atoms with Crippen molar-refractivity contribution < 1.29 is 4.79 Å². The largest absolute Gasteiger partial charge is 0.299 e. The molecule has 0 amide bonds. The number of ketones is 1. The maximum atomic E-state index is 11.7. The maximum Gasteiger partial charge on any atom is 0.143 e. The van der Waals surface area contributed by atoms with Crippen molar-refractivity contribution in [3.05, 3.63) is 24.3 Å². The van der Waals surface area contributed by atoms with E-state index >= 15 is 0 Å². The first-order valence-electron chi connectivity index (χ1n) is 7.22. The van der Waals surface area contributed by atoms with Crippen LogP contribution >= 0.6 is 0 Å². The lowest BCUT2D eigenvalue weighted by Crippen LogP contribution is -2.07. The van der Waals surface area contributed by atoms with Crippen LogP contribution in [0.4, 0.5) is 0 Å². The molecule has 0 atom stereocenters. The van der Waals surface area contributed by atoms with Crippen LogP contribution in [0.15, 0.2) is 24.3 Å². The molecule has 1 aliphatic rings. The van der Waals surface area contributed by atoms with Crippen molar-refractivity contribution in [2.45, 2.75) is 64.7 Å². The summed E-state index contributed by atoms with van der Waals surface area (Å²) >= 11 is 0. The SMILES string of the molecule is CCCCCCCCCCC(=O)C1C=CC=C1. The Morgan fingerprint density at radius 1 is 0.882 bits per heavy atom. The van der Waals surface area contributed by atoms with Gasteiger partial charge in [0.15, 0.2) is 0 Å². The molecule has 0 heterocycles. The average Bonchev–Trinajstić information content (AvgIpc) is 2.86. The van der Waals surface area contributed by atoms with Gasteiger partial charge in [-0.05, 0) is 6.42 Å². The van der Waals surface area contributed by atoms with Crippen molar-refractivity contribution in [3.8, 4) is 0 Å². The van der Waals surface area contributed by atoms with E-state index in [9.17, 15) is 4.79 Å². The lowest BCUT2D eigenvalue weighted by molar-refractivity contribution is -0.120. The van der Waals surface area contributed by atoms with Crippen molar-refractivity contribution in [2.24, 2.45) is 5.92 Å². The van der Waals surface area contributed by atoms with Gasteiger partial charge in [0.1, 0.15) is 5.78 Å². The van der Waals surface area contributed by atoms with Crippen LogP contribution in [0.5, 0.6) is 0 Å². The van der Waals surface area contributed by atoms with E-state index in [4.69, 9.17) is 0 Å². The fourth-order valence-corrected chi connectivity index (χ4v) is 2.25.